The van der Waals surface area contributed by atoms with Crippen molar-refractivity contribution in [3.05, 3.63) is 60.9 Å². The summed E-state index contributed by atoms with van der Waals surface area (Å²) in [7, 11) is 7.89. The first-order valence-corrected chi connectivity index (χ1v) is 10.4. The van der Waals surface area contributed by atoms with Crippen molar-refractivity contribution in [2.24, 2.45) is 5.92 Å². The van der Waals surface area contributed by atoms with Crippen molar-refractivity contribution >= 4 is 5.97 Å². The molecule has 2 rings (SSSR count). The van der Waals surface area contributed by atoms with Gasteiger partial charge in [-0.15, -0.1) is 14.1 Å². The van der Waals surface area contributed by atoms with E-state index in [1.807, 2.05) is 25.2 Å². The Morgan fingerprint density at radius 1 is 1.10 bits per heavy atom. The van der Waals surface area contributed by atoms with E-state index in [1.165, 1.54) is 0 Å². The third-order valence-corrected chi connectivity index (χ3v) is 5.45. The van der Waals surface area contributed by atoms with E-state index >= 15 is 0 Å². The lowest BCUT2D eigenvalue weighted by atomic mass is 9.86. The Hall–Kier alpha value is -1.73. The van der Waals surface area contributed by atoms with Crippen molar-refractivity contribution in [1.29, 1.82) is 0 Å². The zero-order valence-corrected chi connectivity index (χ0v) is 17.6. The van der Waals surface area contributed by atoms with E-state index < -0.39 is 12.2 Å². The molecule has 2 aliphatic carbocycles. The lowest BCUT2D eigenvalue weighted by Gasteiger charge is -2.27. The standard InChI is InChI=1S/C23H36N2O4/c1-15(2)11-23(28)29-18-8-5-16(6-9-18)12-19(24-3)20(25-4)13-17-7-10-21(26)22(27)14-17/h11-14,16,18,21-22,26-27H,3-10,24-25H2,1-2H3. The van der Waals surface area contributed by atoms with Gasteiger partial charge in [-0.3, -0.25) is 0 Å². The van der Waals surface area contributed by atoms with Crippen LogP contribution in [0.2, 0.25) is 0 Å². The van der Waals surface area contributed by atoms with Crippen molar-refractivity contribution in [3.8, 4) is 0 Å². The molecule has 162 valence electrons. The SMILES string of the molecule is [CH2-][NH2+]C(=CC1=CC(O)C(O)CC1)C(=CC1CCC(OC(=O)C=C(C)C)CC1)[NH2+][CH2-]. The first kappa shape index (κ1) is 23.5. The van der Waals surface area contributed by atoms with Gasteiger partial charge >= 0.3 is 5.97 Å². The number of carbonyl (C=O) groups is 1. The van der Waals surface area contributed by atoms with Gasteiger partial charge in [0.1, 0.15) is 6.10 Å². The number of aliphatic hydroxyl groups is 2. The topological polar surface area (TPSA) is 100.0 Å². The minimum Gasteiger partial charge on any atom is -0.459 e. The van der Waals surface area contributed by atoms with Crippen LogP contribution in [0.3, 0.4) is 0 Å². The zero-order valence-electron chi connectivity index (χ0n) is 17.6. The van der Waals surface area contributed by atoms with E-state index in [4.69, 9.17) is 4.74 Å². The van der Waals surface area contributed by atoms with Gasteiger partial charge in [0.25, 0.3) is 0 Å². The quantitative estimate of drug-likeness (QED) is 0.220. The number of quaternary nitrogens is 2. The van der Waals surface area contributed by atoms with Crippen LogP contribution < -0.4 is 10.6 Å². The number of ether oxygens (including phenoxy) is 1. The lowest BCUT2D eigenvalue weighted by Crippen LogP contribution is -2.85. The molecule has 6 nitrogen and oxygen atoms in total. The van der Waals surface area contributed by atoms with Gasteiger partial charge in [-0.1, -0.05) is 11.6 Å². The Morgan fingerprint density at radius 3 is 2.31 bits per heavy atom. The van der Waals surface area contributed by atoms with Gasteiger partial charge in [0.2, 0.25) is 0 Å². The maximum Gasteiger partial charge on any atom is 0.330 e. The monoisotopic (exact) mass is 404 g/mol. The Kier molecular flexibility index (Phi) is 9.30. The fourth-order valence-electron chi connectivity index (χ4n) is 3.82. The van der Waals surface area contributed by atoms with Crippen molar-refractivity contribution in [2.45, 2.75) is 70.7 Å². The number of rotatable bonds is 7. The highest BCUT2D eigenvalue weighted by Crippen LogP contribution is 2.28. The largest absolute Gasteiger partial charge is 0.459 e. The molecule has 1 fully saturated rings. The van der Waals surface area contributed by atoms with Crippen LogP contribution in [0.25, 0.3) is 0 Å². The minimum atomic E-state index is -0.818. The summed E-state index contributed by atoms with van der Waals surface area (Å²) in [5, 5.41) is 23.2. The van der Waals surface area contributed by atoms with Gasteiger partial charge in [0.05, 0.1) is 12.2 Å². The van der Waals surface area contributed by atoms with Crippen LogP contribution in [-0.2, 0) is 9.53 Å². The Labute approximate surface area is 174 Å². The van der Waals surface area contributed by atoms with E-state index in [0.29, 0.717) is 12.3 Å². The molecule has 1 saturated carbocycles. The number of hydrogen-bond acceptors (Lipinski definition) is 4. The molecule has 0 heterocycles. The molecule has 2 unspecified atom stereocenters. The molecule has 0 aliphatic heterocycles. The summed E-state index contributed by atoms with van der Waals surface area (Å²) in [5.41, 5.74) is 3.93. The number of carbonyl (C=O) groups excluding carboxylic acids is 1. The smallest absolute Gasteiger partial charge is 0.330 e. The predicted octanol–water partition coefficient (Wildman–Crippen LogP) is 0.974. The summed E-state index contributed by atoms with van der Waals surface area (Å²) in [6.45, 7) is 3.77. The van der Waals surface area contributed by atoms with Crippen molar-refractivity contribution in [3.63, 3.8) is 0 Å². The average Bonchev–Trinajstić information content (AvgIpc) is 2.68. The molecule has 29 heavy (non-hydrogen) atoms. The van der Waals surface area contributed by atoms with Crippen LogP contribution in [0.15, 0.2) is 46.8 Å². The lowest BCUT2D eigenvalue weighted by molar-refractivity contribution is -0.596. The Balaban J connectivity index is 2.00. The molecule has 0 radical (unpaired) electrons. The van der Waals surface area contributed by atoms with E-state index in [9.17, 15) is 15.0 Å². The highest BCUT2D eigenvalue weighted by Gasteiger charge is 2.24. The molecular weight excluding hydrogens is 368 g/mol. The van der Waals surface area contributed by atoms with Gasteiger partial charge in [0.15, 0.2) is 11.4 Å². The number of aliphatic hydroxyl groups excluding tert-OH is 2. The van der Waals surface area contributed by atoms with Crippen molar-refractivity contribution in [2.75, 3.05) is 0 Å². The first-order chi connectivity index (χ1) is 13.8. The van der Waals surface area contributed by atoms with E-state index in [1.54, 1.807) is 17.5 Å². The highest BCUT2D eigenvalue weighted by atomic mass is 16.5. The molecule has 2 aliphatic rings. The Bertz CT molecular complexity index is 681. The second kappa shape index (κ2) is 11.5. The number of esters is 1. The second-order valence-corrected chi connectivity index (χ2v) is 8.16. The van der Waals surface area contributed by atoms with E-state index in [0.717, 1.165) is 54.6 Å². The molecule has 6 N–H and O–H groups in total. The second-order valence-electron chi connectivity index (χ2n) is 8.16. The minimum absolute atomic E-state index is 0.00958. The molecular formula is C23H36N2O4. The fraction of sp³-hybridized carbons (Fsp3) is 0.522. The molecule has 0 aromatic rings. The van der Waals surface area contributed by atoms with Gasteiger partial charge in [-0.2, -0.15) is 0 Å². The van der Waals surface area contributed by atoms with Crippen LogP contribution in [0.1, 0.15) is 52.4 Å². The third-order valence-electron chi connectivity index (χ3n) is 5.45. The summed E-state index contributed by atoms with van der Waals surface area (Å²) in [5.74, 6) is 0.151. The molecule has 0 aromatic carbocycles. The summed E-state index contributed by atoms with van der Waals surface area (Å²) < 4.78 is 5.53. The average molecular weight is 405 g/mol. The molecule has 0 spiro atoms. The summed E-state index contributed by atoms with van der Waals surface area (Å²) in [6.07, 6.45) is 10.9. The van der Waals surface area contributed by atoms with Crippen molar-refractivity contribution < 1.29 is 30.4 Å². The zero-order chi connectivity index (χ0) is 21.4. The maximum atomic E-state index is 11.8. The highest BCUT2D eigenvalue weighted by molar-refractivity contribution is 5.82. The van der Waals surface area contributed by atoms with Crippen LogP contribution in [0.4, 0.5) is 0 Å². The number of allylic oxidation sites excluding steroid dienone is 4. The van der Waals surface area contributed by atoms with Gasteiger partial charge in [-0.25, -0.2) is 4.79 Å². The van der Waals surface area contributed by atoms with Crippen molar-refractivity contribution in [1.82, 2.24) is 0 Å². The molecule has 0 bridgehead atoms. The van der Waals surface area contributed by atoms with Crippen LogP contribution in [-0.4, -0.2) is 34.5 Å². The molecule has 2 atom stereocenters. The van der Waals surface area contributed by atoms with E-state index in [-0.39, 0.29) is 12.1 Å². The predicted molar refractivity (Wildman–Crippen MR) is 111 cm³/mol. The summed E-state index contributed by atoms with van der Waals surface area (Å²) in [6, 6.07) is 0. The maximum absolute atomic E-state index is 11.8. The molecule has 0 saturated heterocycles. The summed E-state index contributed by atoms with van der Waals surface area (Å²) >= 11 is 0. The van der Waals surface area contributed by atoms with Crippen LogP contribution in [0, 0.1) is 20.0 Å². The van der Waals surface area contributed by atoms with Crippen LogP contribution in [0.5, 0.6) is 0 Å². The fourth-order valence-corrected chi connectivity index (χ4v) is 3.82. The number of nitrogens with two attached hydrogens (primary N) is 2. The molecule has 6 heteroatoms. The van der Waals surface area contributed by atoms with Crippen LogP contribution >= 0.6 is 0 Å². The third kappa shape index (κ3) is 7.55. The normalized spacial score (nSPS) is 28.6. The van der Waals surface area contributed by atoms with Gasteiger partial charge in [0, 0.05) is 12.2 Å². The van der Waals surface area contributed by atoms with Gasteiger partial charge < -0.3 is 25.6 Å². The molecule has 0 amide bonds. The first-order valence-electron chi connectivity index (χ1n) is 10.4. The number of hydrogen-bond donors (Lipinski definition) is 4. The van der Waals surface area contributed by atoms with E-state index in [2.05, 4.69) is 20.2 Å². The summed E-state index contributed by atoms with van der Waals surface area (Å²) in [4.78, 5) is 11.8. The van der Waals surface area contributed by atoms with Gasteiger partial charge in [-0.05, 0) is 69.9 Å². The Morgan fingerprint density at radius 2 is 1.76 bits per heavy atom. The molecule has 0 aromatic heterocycles.